The minimum Gasteiger partial charge on any atom is -0.337 e. The van der Waals surface area contributed by atoms with Crippen molar-refractivity contribution in [1.29, 1.82) is 0 Å². The summed E-state index contributed by atoms with van der Waals surface area (Å²) >= 11 is 1.64. The second-order valence-electron chi connectivity index (χ2n) is 8.17. The van der Waals surface area contributed by atoms with Crippen LogP contribution in [0.15, 0.2) is 29.6 Å². The molecular formula is C22H31FN4OS. The molecule has 1 aromatic heterocycles. The molecule has 0 radical (unpaired) electrons. The maximum absolute atomic E-state index is 13.1. The minimum absolute atomic E-state index is 0.215. The highest BCUT2D eigenvalue weighted by Gasteiger charge is 2.25. The van der Waals surface area contributed by atoms with Crippen molar-refractivity contribution in [1.82, 2.24) is 19.7 Å². The van der Waals surface area contributed by atoms with Gasteiger partial charge in [0.25, 0.3) is 0 Å². The third-order valence-electron chi connectivity index (χ3n) is 5.28. The Hall–Kier alpha value is -1.83. The molecule has 0 unspecified atom stereocenters. The van der Waals surface area contributed by atoms with E-state index in [1.165, 1.54) is 12.1 Å². The molecule has 2 heterocycles. The first-order valence-electron chi connectivity index (χ1n) is 10.3. The molecule has 0 spiro atoms. The summed E-state index contributed by atoms with van der Waals surface area (Å²) < 4.78 is 13.1. The summed E-state index contributed by atoms with van der Waals surface area (Å²) in [5, 5.41) is 3.10. The topological polar surface area (TPSA) is 39.7 Å². The van der Waals surface area contributed by atoms with Crippen molar-refractivity contribution in [2.45, 2.75) is 46.3 Å². The van der Waals surface area contributed by atoms with Gasteiger partial charge in [0.1, 0.15) is 10.8 Å². The van der Waals surface area contributed by atoms with Crippen LogP contribution in [0, 0.1) is 5.82 Å². The van der Waals surface area contributed by atoms with Crippen molar-refractivity contribution in [3.63, 3.8) is 0 Å². The van der Waals surface area contributed by atoms with Gasteiger partial charge in [-0.05, 0) is 52.0 Å². The summed E-state index contributed by atoms with van der Waals surface area (Å²) in [7, 11) is 0. The highest BCUT2D eigenvalue weighted by atomic mass is 32.1. The summed E-state index contributed by atoms with van der Waals surface area (Å²) in [5.41, 5.74) is 1.84. The maximum atomic E-state index is 13.1. The van der Waals surface area contributed by atoms with Gasteiger partial charge in [0.2, 0.25) is 5.91 Å². The lowest BCUT2D eigenvalue weighted by Gasteiger charge is -2.37. The van der Waals surface area contributed by atoms with Gasteiger partial charge >= 0.3 is 0 Å². The molecule has 7 heteroatoms. The summed E-state index contributed by atoms with van der Waals surface area (Å²) in [4.78, 5) is 24.0. The van der Waals surface area contributed by atoms with Gasteiger partial charge in [-0.3, -0.25) is 14.6 Å². The van der Waals surface area contributed by atoms with E-state index in [0.29, 0.717) is 6.54 Å². The van der Waals surface area contributed by atoms with Crippen LogP contribution in [0.4, 0.5) is 4.39 Å². The highest BCUT2D eigenvalue weighted by molar-refractivity contribution is 7.09. The predicted octanol–water partition coefficient (Wildman–Crippen LogP) is 3.71. The SMILES string of the molecule is CC(C)N(C(=O)CN1CCN(Cc2nc(-c3ccc(F)cc3)cs2)CC1)C(C)C. The largest absolute Gasteiger partial charge is 0.337 e. The van der Waals surface area contributed by atoms with E-state index in [-0.39, 0.29) is 23.8 Å². The molecule has 1 amide bonds. The van der Waals surface area contributed by atoms with Crippen molar-refractivity contribution >= 4 is 17.2 Å². The van der Waals surface area contributed by atoms with Gasteiger partial charge in [0.05, 0.1) is 18.8 Å². The third kappa shape index (κ3) is 5.84. The lowest BCUT2D eigenvalue weighted by atomic mass is 10.2. The second kappa shape index (κ2) is 9.78. The Labute approximate surface area is 177 Å². The zero-order valence-electron chi connectivity index (χ0n) is 17.8. The van der Waals surface area contributed by atoms with Crippen LogP contribution in [0.5, 0.6) is 0 Å². The molecule has 3 rings (SSSR count). The number of carbonyl (C=O) groups is 1. The van der Waals surface area contributed by atoms with Crippen LogP contribution < -0.4 is 0 Å². The number of hydrogen-bond donors (Lipinski definition) is 0. The van der Waals surface area contributed by atoms with Crippen molar-refractivity contribution in [3.05, 3.63) is 40.5 Å². The van der Waals surface area contributed by atoms with Gasteiger partial charge < -0.3 is 4.90 Å². The van der Waals surface area contributed by atoms with E-state index in [2.05, 4.69) is 37.5 Å². The van der Waals surface area contributed by atoms with E-state index < -0.39 is 0 Å². The fourth-order valence-electron chi connectivity index (χ4n) is 3.88. The molecule has 1 aromatic carbocycles. The second-order valence-corrected chi connectivity index (χ2v) is 9.12. The van der Waals surface area contributed by atoms with Crippen LogP contribution in [-0.4, -0.2) is 70.4 Å². The number of hydrogen-bond acceptors (Lipinski definition) is 5. The van der Waals surface area contributed by atoms with Crippen molar-refractivity contribution in [2.24, 2.45) is 0 Å². The van der Waals surface area contributed by atoms with Crippen LogP contribution >= 0.6 is 11.3 Å². The molecule has 0 atom stereocenters. The summed E-state index contributed by atoms with van der Waals surface area (Å²) in [6.07, 6.45) is 0. The molecule has 0 N–H and O–H groups in total. The van der Waals surface area contributed by atoms with Gasteiger partial charge in [-0.2, -0.15) is 0 Å². The number of carbonyl (C=O) groups excluding carboxylic acids is 1. The monoisotopic (exact) mass is 418 g/mol. The number of amides is 1. The average molecular weight is 419 g/mol. The standard InChI is InChI=1S/C22H31FN4OS/c1-16(2)27(17(3)4)22(28)14-26-11-9-25(10-12-26)13-21-24-20(15-29-21)18-5-7-19(23)8-6-18/h5-8,15-17H,9-14H2,1-4H3. The predicted molar refractivity (Wildman–Crippen MR) is 116 cm³/mol. The first-order valence-corrected chi connectivity index (χ1v) is 11.2. The molecule has 1 fully saturated rings. The lowest BCUT2D eigenvalue weighted by molar-refractivity contribution is -0.136. The average Bonchev–Trinajstić information content (AvgIpc) is 3.12. The summed E-state index contributed by atoms with van der Waals surface area (Å²) in [5.74, 6) is -0.0159. The molecule has 1 aliphatic heterocycles. The van der Waals surface area contributed by atoms with E-state index in [4.69, 9.17) is 4.98 Å². The first kappa shape index (κ1) is 21.9. The zero-order valence-corrected chi connectivity index (χ0v) is 18.6. The number of halogens is 1. The molecule has 0 aliphatic carbocycles. The number of piperazine rings is 1. The fourth-order valence-corrected chi connectivity index (χ4v) is 4.72. The Bertz CT molecular complexity index is 789. The molecule has 158 valence electrons. The Balaban J connectivity index is 1.49. The quantitative estimate of drug-likeness (QED) is 0.687. The molecule has 1 aliphatic rings. The van der Waals surface area contributed by atoms with Crippen LogP contribution in [0.25, 0.3) is 11.3 Å². The van der Waals surface area contributed by atoms with Crippen molar-refractivity contribution in [2.75, 3.05) is 32.7 Å². The fraction of sp³-hybridized carbons (Fsp3) is 0.545. The van der Waals surface area contributed by atoms with E-state index >= 15 is 0 Å². The van der Waals surface area contributed by atoms with Crippen molar-refractivity contribution < 1.29 is 9.18 Å². The molecule has 1 saturated heterocycles. The number of nitrogens with zero attached hydrogens (tertiary/aromatic N) is 4. The molecule has 5 nitrogen and oxygen atoms in total. The molecule has 0 saturated carbocycles. The number of thiazole rings is 1. The zero-order chi connectivity index (χ0) is 21.0. The first-order chi connectivity index (χ1) is 13.8. The summed E-state index contributed by atoms with van der Waals surface area (Å²) in [6.45, 7) is 13.3. The van der Waals surface area contributed by atoms with Gasteiger partial charge in [-0.25, -0.2) is 9.37 Å². The Kier molecular flexibility index (Phi) is 7.38. The Morgan fingerprint density at radius 1 is 1.07 bits per heavy atom. The highest BCUT2D eigenvalue weighted by Crippen LogP contribution is 2.23. The van der Waals surface area contributed by atoms with Crippen molar-refractivity contribution in [3.8, 4) is 11.3 Å². The van der Waals surface area contributed by atoms with E-state index in [1.807, 2.05) is 10.3 Å². The number of aromatic nitrogens is 1. The lowest BCUT2D eigenvalue weighted by Crippen LogP contribution is -2.52. The van der Waals surface area contributed by atoms with Gasteiger partial charge in [-0.1, -0.05) is 0 Å². The van der Waals surface area contributed by atoms with E-state index in [0.717, 1.165) is 49.0 Å². The Morgan fingerprint density at radius 2 is 1.66 bits per heavy atom. The van der Waals surface area contributed by atoms with Crippen LogP contribution in [0.1, 0.15) is 32.7 Å². The Morgan fingerprint density at radius 3 is 2.24 bits per heavy atom. The molecule has 0 bridgehead atoms. The minimum atomic E-state index is -0.231. The molecule has 2 aromatic rings. The van der Waals surface area contributed by atoms with Gasteiger partial charge in [-0.15, -0.1) is 11.3 Å². The number of rotatable bonds is 7. The maximum Gasteiger partial charge on any atom is 0.237 e. The molecular weight excluding hydrogens is 387 g/mol. The van der Waals surface area contributed by atoms with E-state index in [9.17, 15) is 9.18 Å². The van der Waals surface area contributed by atoms with Crippen LogP contribution in [-0.2, 0) is 11.3 Å². The normalized spacial score (nSPS) is 16.0. The van der Waals surface area contributed by atoms with E-state index in [1.54, 1.807) is 23.5 Å². The smallest absolute Gasteiger partial charge is 0.237 e. The van der Waals surface area contributed by atoms with Crippen LogP contribution in [0.3, 0.4) is 0 Å². The number of benzene rings is 1. The summed E-state index contributed by atoms with van der Waals surface area (Å²) in [6, 6.07) is 6.92. The molecule has 29 heavy (non-hydrogen) atoms. The van der Waals surface area contributed by atoms with Crippen LogP contribution in [0.2, 0.25) is 0 Å². The van der Waals surface area contributed by atoms with Gasteiger partial charge in [0.15, 0.2) is 0 Å². The van der Waals surface area contributed by atoms with Gasteiger partial charge in [0, 0.05) is 49.2 Å². The third-order valence-corrected chi connectivity index (χ3v) is 6.11.